The monoisotopic (exact) mass is 572 g/mol. The standard InChI is InChI=1S/C26H32N6O.HI/c1-4-21(5-2)24-14-22(33-31-24)16-29-26(27-3)28-15-19-10-12-20(13-11-19)17-32-18-30-23-8-6-7-9-25(23)32;/h6-14,18,21H,4-5,15-17H2,1-3H3,(H2,27,28,29);1H. The Morgan fingerprint density at radius 3 is 2.44 bits per heavy atom. The van der Waals surface area contributed by atoms with Crippen LogP contribution in [0.15, 0.2) is 70.4 Å². The molecule has 0 radical (unpaired) electrons. The second kappa shape index (κ2) is 12.5. The first kappa shape index (κ1) is 25.7. The number of rotatable bonds is 9. The summed E-state index contributed by atoms with van der Waals surface area (Å²) in [4.78, 5) is 8.78. The summed E-state index contributed by atoms with van der Waals surface area (Å²) in [6, 6.07) is 18.9. The van der Waals surface area contributed by atoms with E-state index in [-0.39, 0.29) is 24.0 Å². The van der Waals surface area contributed by atoms with Crippen LogP contribution in [-0.2, 0) is 19.6 Å². The molecule has 180 valence electrons. The van der Waals surface area contributed by atoms with Gasteiger partial charge in [0.2, 0.25) is 0 Å². The van der Waals surface area contributed by atoms with Gasteiger partial charge in [-0.05, 0) is 36.1 Å². The van der Waals surface area contributed by atoms with Crippen molar-refractivity contribution in [1.29, 1.82) is 0 Å². The first-order valence-corrected chi connectivity index (χ1v) is 11.6. The van der Waals surface area contributed by atoms with Crippen molar-refractivity contribution in [1.82, 2.24) is 25.3 Å². The fourth-order valence-electron chi connectivity index (χ4n) is 3.98. The van der Waals surface area contributed by atoms with E-state index < -0.39 is 0 Å². The highest BCUT2D eigenvalue weighted by Gasteiger charge is 2.13. The minimum atomic E-state index is 0. The fraction of sp³-hybridized carbons (Fsp3) is 0.346. The van der Waals surface area contributed by atoms with Crippen LogP contribution in [0.5, 0.6) is 0 Å². The Morgan fingerprint density at radius 1 is 1.00 bits per heavy atom. The zero-order valence-electron chi connectivity index (χ0n) is 20.0. The van der Waals surface area contributed by atoms with Crippen LogP contribution in [0.3, 0.4) is 0 Å². The van der Waals surface area contributed by atoms with Crippen LogP contribution in [-0.4, -0.2) is 27.7 Å². The van der Waals surface area contributed by atoms with Crippen molar-refractivity contribution in [2.45, 2.75) is 52.2 Å². The van der Waals surface area contributed by atoms with Crippen LogP contribution >= 0.6 is 24.0 Å². The van der Waals surface area contributed by atoms with E-state index in [4.69, 9.17) is 4.52 Å². The van der Waals surface area contributed by atoms with Gasteiger partial charge in [-0.25, -0.2) is 4.98 Å². The largest absolute Gasteiger partial charge is 0.359 e. The molecule has 2 N–H and O–H groups in total. The number of benzene rings is 2. The van der Waals surface area contributed by atoms with E-state index in [9.17, 15) is 0 Å². The zero-order valence-corrected chi connectivity index (χ0v) is 22.3. The Bertz CT molecular complexity index is 1190. The van der Waals surface area contributed by atoms with Gasteiger partial charge in [0.25, 0.3) is 0 Å². The van der Waals surface area contributed by atoms with Crippen molar-refractivity contribution >= 4 is 41.0 Å². The van der Waals surface area contributed by atoms with Gasteiger partial charge in [0.05, 0.1) is 29.6 Å². The van der Waals surface area contributed by atoms with Crippen molar-refractivity contribution < 1.29 is 4.52 Å². The van der Waals surface area contributed by atoms with Crippen molar-refractivity contribution in [2.75, 3.05) is 7.05 Å². The summed E-state index contributed by atoms with van der Waals surface area (Å²) in [5.41, 5.74) is 5.63. The number of aliphatic imine (C=N–C) groups is 1. The lowest BCUT2D eigenvalue weighted by atomic mass is 9.99. The minimum Gasteiger partial charge on any atom is -0.359 e. The molecule has 0 saturated heterocycles. The highest BCUT2D eigenvalue weighted by Crippen LogP contribution is 2.22. The van der Waals surface area contributed by atoms with Gasteiger partial charge in [-0.15, -0.1) is 24.0 Å². The maximum atomic E-state index is 5.49. The number of fused-ring (bicyclic) bond motifs is 1. The average molecular weight is 572 g/mol. The minimum absolute atomic E-state index is 0. The van der Waals surface area contributed by atoms with Crippen molar-refractivity contribution in [3.05, 3.63) is 83.5 Å². The fourth-order valence-corrected chi connectivity index (χ4v) is 3.98. The summed E-state index contributed by atoms with van der Waals surface area (Å²) < 4.78 is 7.66. The van der Waals surface area contributed by atoms with Crippen LogP contribution in [0.1, 0.15) is 55.2 Å². The maximum Gasteiger partial charge on any atom is 0.191 e. The Hall–Kier alpha value is -2.88. The summed E-state index contributed by atoms with van der Waals surface area (Å²) in [6.45, 7) is 6.39. The number of hydrogen-bond acceptors (Lipinski definition) is 4. The summed E-state index contributed by atoms with van der Waals surface area (Å²) in [5.74, 6) is 2.00. The Labute approximate surface area is 218 Å². The zero-order chi connectivity index (χ0) is 23.0. The third-order valence-electron chi connectivity index (χ3n) is 6.00. The number of para-hydroxylation sites is 2. The molecule has 0 amide bonds. The van der Waals surface area contributed by atoms with Gasteiger partial charge < -0.3 is 19.7 Å². The quantitative estimate of drug-likeness (QED) is 0.158. The van der Waals surface area contributed by atoms with Crippen LogP contribution in [0, 0.1) is 0 Å². The van der Waals surface area contributed by atoms with E-state index in [1.54, 1.807) is 7.05 Å². The molecule has 2 heterocycles. The third-order valence-corrected chi connectivity index (χ3v) is 6.00. The van der Waals surface area contributed by atoms with Gasteiger partial charge in [-0.3, -0.25) is 4.99 Å². The van der Waals surface area contributed by atoms with E-state index in [1.807, 2.05) is 30.6 Å². The number of aromatic nitrogens is 3. The summed E-state index contributed by atoms with van der Waals surface area (Å²) >= 11 is 0. The second-order valence-electron chi connectivity index (χ2n) is 8.19. The number of hydrogen-bond donors (Lipinski definition) is 2. The molecule has 2 aromatic carbocycles. The summed E-state index contributed by atoms with van der Waals surface area (Å²) in [5, 5.41) is 10.9. The summed E-state index contributed by atoms with van der Waals surface area (Å²) in [6.07, 6.45) is 4.03. The first-order chi connectivity index (χ1) is 16.2. The van der Waals surface area contributed by atoms with E-state index in [0.29, 0.717) is 19.0 Å². The van der Waals surface area contributed by atoms with Crippen LogP contribution in [0.25, 0.3) is 11.0 Å². The van der Waals surface area contributed by atoms with Crippen molar-refractivity contribution in [3.8, 4) is 0 Å². The average Bonchev–Trinajstić information content (AvgIpc) is 3.49. The number of imidazole rings is 1. The third kappa shape index (κ3) is 6.37. The van der Waals surface area contributed by atoms with Crippen LogP contribution in [0.2, 0.25) is 0 Å². The topological polar surface area (TPSA) is 80.3 Å². The molecular weight excluding hydrogens is 539 g/mol. The molecule has 0 unspecified atom stereocenters. The molecule has 0 aliphatic heterocycles. The highest BCUT2D eigenvalue weighted by atomic mass is 127. The molecule has 0 aliphatic carbocycles. The Kier molecular flexibility index (Phi) is 9.50. The predicted molar refractivity (Wildman–Crippen MR) is 148 cm³/mol. The molecule has 2 aromatic heterocycles. The molecule has 0 fully saturated rings. The molecule has 4 aromatic rings. The lowest BCUT2D eigenvalue weighted by molar-refractivity contribution is 0.368. The number of guanidine groups is 1. The van der Waals surface area contributed by atoms with E-state index in [1.165, 1.54) is 11.1 Å². The molecule has 34 heavy (non-hydrogen) atoms. The van der Waals surface area contributed by atoms with Gasteiger partial charge in [-0.2, -0.15) is 0 Å². The van der Waals surface area contributed by atoms with Gasteiger partial charge in [-0.1, -0.05) is 55.4 Å². The molecule has 7 nitrogen and oxygen atoms in total. The molecule has 0 aliphatic rings. The normalized spacial score (nSPS) is 11.6. The first-order valence-electron chi connectivity index (χ1n) is 11.6. The van der Waals surface area contributed by atoms with Gasteiger partial charge >= 0.3 is 0 Å². The SMILES string of the molecule is CCC(CC)c1cc(CNC(=NC)NCc2ccc(Cn3cnc4ccccc43)cc2)on1.I. The summed E-state index contributed by atoms with van der Waals surface area (Å²) in [7, 11) is 1.77. The van der Waals surface area contributed by atoms with Gasteiger partial charge in [0.15, 0.2) is 11.7 Å². The van der Waals surface area contributed by atoms with Gasteiger partial charge in [0.1, 0.15) is 0 Å². The Balaban J connectivity index is 0.00000324. The van der Waals surface area contributed by atoms with E-state index in [2.05, 4.69) is 74.5 Å². The van der Waals surface area contributed by atoms with Crippen LogP contribution in [0.4, 0.5) is 0 Å². The van der Waals surface area contributed by atoms with Crippen molar-refractivity contribution in [3.63, 3.8) is 0 Å². The number of nitrogens with zero attached hydrogens (tertiary/aromatic N) is 4. The highest BCUT2D eigenvalue weighted by molar-refractivity contribution is 14.0. The van der Waals surface area contributed by atoms with Crippen molar-refractivity contribution in [2.24, 2.45) is 4.99 Å². The lowest BCUT2D eigenvalue weighted by Crippen LogP contribution is -2.36. The molecule has 4 rings (SSSR count). The van der Waals surface area contributed by atoms with Gasteiger partial charge in [0, 0.05) is 32.1 Å². The molecule has 0 spiro atoms. The molecule has 0 bridgehead atoms. The number of nitrogens with one attached hydrogen (secondary N) is 2. The molecule has 8 heteroatoms. The number of halogens is 1. The smallest absolute Gasteiger partial charge is 0.191 e. The van der Waals surface area contributed by atoms with E-state index >= 15 is 0 Å². The Morgan fingerprint density at radius 2 is 1.71 bits per heavy atom. The predicted octanol–water partition coefficient (Wildman–Crippen LogP) is 5.46. The molecule has 0 atom stereocenters. The maximum absolute atomic E-state index is 5.49. The van der Waals surface area contributed by atoms with Crippen LogP contribution < -0.4 is 10.6 Å². The molecule has 0 saturated carbocycles. The molecular formula is C26H33IN6O. The lowest BCUT2D eigenvalue weighted by Gasteiger charge is -2.11. The van der Waals surface area contributed by atoms with E-state index in [0.717, 1.165) is 47.8 Å². The second-order valence-corrected chi connectivity index (χ2v) is 8.19.